The first-order chi connectivity index (χ1) is 8.66. The van der Waals surface area contributed by atoms with Gasteiger partial charge in [0.15, 0.2) is 0 Å². The Balaban J connectivity index is 1.93. The molecule has 2 rings (SSSR count). The molecule has 0 radical (unpaired) electrons. The molecule has 1 N–H and O–H groups in total. The number of pyridine rings is 1. The molecule has 1 atom stereocenters. The van der Waals surface area contributed by atoms with Crippen molar-refractivity contribution in [2.45, 2.75) is 19.5 Å². The van der Waals surface area contributed by atoms with Crippen LogP contribution < -0.4 is 5.32 Å². The molecule has 0 unspecified atom stereocenters. The van der Waals surface area contributed by atoms with Gasteiger partial charge in [-0.15, -0.1) is 0 Å². The smallest absolute Gasteiger partial charge is 0.305 e. The molecule has 2 heterocycles. The third kappa shape index (κ3) is 3.12. The molecule has 0 saturated carbocycles. The van der Waals surface area contributed by atoms with Crippen molar-refractivity contribution in [1.29, 1.82) is 0 Å². The summed E-state index contributed by atoms with van der Waals surface area (Å²) in [6.07, 6.45) is 3.55. The van der Waals surface area contributed by atoms with E-state index in [1.54, 1.807) is 12.3 Å². The predicted octanol–water partition coefficient (Wildman–Crippen LogP) is 2.90. The van der Waals surface area contributed by atoms with Gasteiger partial charge < -0.3 is 5.32 Å². The van der Waals surface area contributed by atoms with E-state index in [-0.39, 0.29) is 16.0 Å². The van der Waals surface area contributed by atoms with Crippen LogP contribution in [-0.2, 0) is 6.54 Å². The van der Waals surface area contributed by atoms with Gasteiger partial charge in [0, 0.05) is 35.9 Å². The molecule has 2 aromatic heterocycles. The highest BCUT2D eigenvalue weighted by atomic mass is 32.1. The average molecular weight is 263 g/mol. The van der Waals surface area contributed by atoms with Crippen LogP contribution in [0.15, 0.2) is 36.7 Å². The van der Waals surface area contributed by atoms with Crippen LogP contribution in [0.4, 0.5) is 5.00 Å². The largest absolute Gasteiger partial charge is 0.324 e. The van der Waals surface area contributed by atoms with Gasteiger partial charge in [-0.1, -0.05) is 17.4 Å². The maximum atomic E-state index is 10.6. The fraction of sp³-hybridized carbons (Fsp3) is 0.250. The van der Waals surface area contributed by atoms with Crippen molar-refractivity contribution in [1.82, 2.24) is 10.3 Å². The summed E-state index contributed by atoms with van der Waals surface area (Å²) < 4.78 is 0. The highest BCUT2D eigenvalue weighted by molar-refractivity contribution is 7.15. The van der Waals surface area contributed by atoms with Gasteiger partial charge in [0.1, 0.15) is 0 Å². The highest BCUT2D eigenvalue weighted by Crippen LogP contribution is 2.24. The molecule has 5 nitrogen and oxygen atoms in total. The Bertz CT molecular complexity index is 527. The summed E-state index contributed by atoms with van der Waals surface area (Å²) >= 11 is 1.20. The Morgan fingerprint density at radius 3 is 2.94 bits per heavy atom. The fourth-order valence-electron chi connectivity index (χ4n) is 1.56. The first-order valence-corrected chi connectivity index (χ1v) is 6.35. The van der Waals surface area contributed by atoms with Crippen LogP contribution in [0.1, 0.15) is 23.4 Å². The van der Waals surface area contributed by atoms with E-state index >= 15 is 0 Å². The second-order valence-electron chi connectivity index (χ2n) is 3.89. The van der Waals surface area contributed by atoms with Gasteiger partial charge in [0.2, 0.25) is 0 Å². The zero-order valence-electron chi connectivity index (χ0n) is 9.87. The molecular weight excluding hydrogens is 250 g/mol. The van der Waals surface area contributed by atoms with Crippen LogP contribution in [0.3, 0.4) is 0 Å². The van der Waals surface area contributed by atoms with Crippen molar-refractivity contribution in [2.24, 2.45) is 0 Å². The molecule has 0 fully saturated rings. The van der Waals surface area contributed by atoms with E-state index in [4.69, 9.17) is 0 Å². The first kappa shape index (κ1) is 12.7. The Labute approximate surface area is 109 Å². The van der Waals surface area contributed by atoms with E-state index in [0.29, 0.717) is 6.54 Å². The molecule has 0 bridgehead atoms. The van der Waals surface area contributed by atoms with Crippen LogP contribution in [0.25, 0.3) is 0 Å². The standard InChI is InChI=1S/C12H13N3O2S/c1-9(10-3-2-6-13-7-10)14-8-11-4-5-12(18-11)15(16)17/h2-7,9,14H,8H2,1H3/t9-/m1/s1. The normalized spacial score (nSPS) is 12.3. The van der Waals surface area contributed by atoms with Crippen molar-refractivity contribution in [2.75, 3.05) is 0 Å². The third-order valence-electron chi connectivity index (χ3n) is 2.59. The molecular formula is C12H13N3O2S. The van der Waals surface area contributed by atoms with E-state index in [1.165, 1.54) is 17.4 Å². The minimum absolute atomic E-state index is 0.167. The lowest BCUT2D eigenvalue weighted by atomic mass is 10.1. The van der Waals surface area contributed by atoms with Crippen LogP contribution in [0, 0.1) is 10.1 Å². The van der Waals surface area contributed by atoms with E-state index in [1.807, 2.05) is 25.3 Å². The zero-order valence-corrected chi connectivity index (χ0v) is 10.7. The van der Waals surface area contributed by atoms with Gasteiger partial charge in [-0.3, -0.25) is 15.1 Å². The summed E-state index contributed by atoms with van der Waals surface area (Å²) in [6, 6.07) is 7.38. The van der Waals surface area contributed by atoms with Gasteiger partial charge >= 0.3 is 5.00 Å². The fourth-order valence-corrected chi connectivity index (χ4v) is 2.33. The van der Waals surface area contributed by atoms with Crippen molar-refractivity contribution < 1.29 is 4.92 Å². The molecule has 0 amide bonds. The summed E-state index contributed by atoms with van der Waals surface area (Å²) in [5.41, 5.74) is 1.10. The molecule has 94 valence electrons. The Kier molecular flexibility index (Phi) is 4.01. The summed E-state index contributed by atoms with van der Waals surface area (Å²) in [4.78, 5) is 15.2. The molecule has 0 aromatic carbocycles. The summed E-state index contributed by atoms with van der Waals surface area (Å²) in [6.45, 7) is 2.66. The summed E-state index contributed by atoms with van der Waals surface area (Å²) in [7, 11) is 0. The quantitative estimate of drug-likeness (QED) is 0.665. The van der Waals surface area contributed by atoms with Crippen molar-refractivity contribution in [3.63, 3.8) is 0 Å². The number of nitrogens with one attached hydrogen (secondary N) is 1. The second-order valence-corrected chi connectivity index (χ2v) is 5.03. The number of rotatable bonds is 5. The second kappa shape index (κ2) is 5.70. The van der Waals surface area contributed by atoms with Crippen LogP contribution >= 0.6 is 11.3 Å². The van der Waals surface area contributed by atoms with E-state index in [2.05, 4.69) is 10.3 Å². The number of nitrogens with zero attached hydrogens (tertiary/aromatic N) is 2. The molecule has 6 heteroatoms. The van der Waals surface area contributed by atoms with E-state index in [9.17, 15) is 10.1 Å². The number of hydrogen-bond donors (Lipinski definition) is 1. The summed E-state index contributed by atoms with van der Waals surface area (Å²) in [5.74, 6) is 0. The molecule has 0 aliphatic carbocycles. The molecule has 2 aromatic rings. The minimum atomic E-state index is -0.362. The van der Waals surface area contributed by atoms with Gasteiger partial charge in [-0.2, -0.15) is 0 Å². The van der Waals surface area contributed by atoms with Crippen molar-refractivity contribution in [3.05, 3.63) is 57.2 Å². The first-order valence-electron chi connectivity index (χ1n) is 5.53. The van der Waals surface area contributed by atoms with E-state index < -0.39 is 0 Å². The van der Waals surface area contributed by atoms with Crippen molar-refractivity contribution in [3.8, 4) is 0 Å². The van der Waals surface area contributed by atoms with Gasteiger partial charge in [0.25, 0.3) is 0 Å². The molecule has 0 aliphatic rings. The SMILES string of the molecule is C[C@@H](NCc1ccc([N+](=O)[O-])s1)c1cccnc1. The monoisotopic (exact) mass is 263 g/mol. The third-order valence-corrected chi connectivity index (χ3v) is 3.63. The predicted molar refractivity (Wildman–Crippen MR) is 70.5 cm³/mol. The van der Waals surface area contributed by atoms with E-state index in [0.717, 1.165) is 10.4 Å². The maximum absolute atomic E-state index is 10.6. The average Bonchev–Trinajstić information content (AvgIpc) is 2.86. The molecule has 0 spiro atoms. The molecule has 18 heavy (non-hydrogen) atoms. The molecule has 0 saturated heterocycles. The van der Waals surface area contributed by atoms with Crippen LogP contribution in [0.5, 0.6) is 0 Å². The highest BCUT2D eigenvalue weighted by Gasteiger charge is 2.10. The maximum Gasteiger partial charge on any atom is 0.324 e. The summed E-state index contributed by atoms with van der Waals surface area (Å²) in [5, 5.41) is 14.1. The number of nitro groups is 1. The zero-order chi connectivity index (χ0) is 13.0. The number of thiophene rings is 1. The Hall–Kier alpha value is -1.79. The van der Waals surface area contributed by atoms with Crippen LogP contribution in [0.2, 0.25) is 0 Å². The Morgan fingerprint density at radius 1 is 1.50 bits per heavy atom. The minimum Gasteiger partial charge on any atom is -0.305 e. The van der Waals surface area contributed by atoms with Gasteiger partial charge in [0.05, 0.1) is 4.92 Å². The Morgan fingerprint density at radius 2 is 2.33 bits per heavy atom. The lowest BCUT2D eigenvalue weighted by Gasteiger charge is -2.12. The van der Waals surface area contributed by atoms with Crippen molar-refractivity contribution >= 4 is 16.3 Å². The number of aromatic nitrogens is 1. The van der Waals surface area contributed by atoms with Gasteiger partial charge in [-0.05, 0) is 24.6 Å². The lowest BCUT2D eigenvalue weighted by molar-refractivity contribution is -0.380. The van der Waals surface area contributed by atoms with Crippen LogP contribution in [-0.4, -0.2) is 9.91 Å². The number of hydrogen-bond acceptors (Lipinski definition) is 5. The topological polar surface area (TPSA) is 68.1 Å². The molecule has 0 aliphatic heterocycles. The van der Waals surface area contributed by atoms with Gasteiger partial charge in [-0.25, -0.2) is 0 Å². The lowest BCUT2D eigenvalue weighted by Crippen LogP contribution is -2.17.